The predicted molar refractivity (Wildman–Crippen MR) is 118 cm³/mol. The van der Waals surface area contributed by atoms with Crippen molar-refractivity contribution in [3.8, 4) is 11.5 Å². The summed E-state index contributed by atoms with van der Waals surface area (Å²) in [7, 11) is 2.97. The number of anilines is 2. The molecule has 8 heteroatoms. The third-order valence-electron chi connectivity index (χ3n) is 4.24. The lowest BCUT2D eigenvalue weighted by molar-refractivity contribution is 0.101. The lowest BCUT2D eigenvalue weighted by Gasteiger charge is -2.13. The molecule has 0 aromatic heterocycles. The number of halogens is 2. The van der Waals surface area contributed by atoms with E-state index < -0.39 is 0 Å². The van der Waals surface area contributed by atoms with Gasteiger partial charge in [-0.3, -0.25) is 9.59 Å². The normalized spacial score (nSPS) is 10.3. The molecular formula is C22H18Cl2N2O4. The van der Waals surface area contributed by atoms with Gasteiger partial charge in [0.1, 0.15) is 11.5 Å². The number of carbonyl (C=O) groups is 2. The summed E-state index contributed by atoms with van der Waals surface area (Å²) >= 11 is 12.2. The number of nitrogens with one attached hydrogen (secondary N) is 2. The van der Waals surface area contributed by atoms with Crippen LogP contribution in [0.2, 0.25) is 10.0 Å². The zero-order valence-electron chi connectivity index (χ0n) is 16.2. The first-order chi connectivity index (χ1) is 14.4. The summed E-state index contributed by atoms with van der Waals surface area (Å²) in [6, 6.07) is 16.3. The molecule has 0 atom stereocenters. The van der Waals surface area contributed by atoms with Gasteiger partial charge in [0.15, 0.2) is 0 Å². The van der Waals surface area contributed by atoms with Crippen LogP contribution in [-0.4, -0.2) is 26.0 Å². The second-order valence-corrected chi connectivity index (χ2v) is 6.97. The van der Waals surface area contributed by atoms with E-state index in [1.165, 1.54) is 20.3 Å². The quantitative estimate of drug-likeness (QED) is 0.524. The Morgan fingerprint density at radius 1 is 0.767 bits per heavy atom. The van der Waals surface area contributed by atoms with Crippen molar-refractivity contribution >= 4 is 46.4 Å². The standard InChI is InChI=1S/C22H18Cl2N2O4/c1-29-19-10-7-13(11-17(19)24)21(27)25-14-8-9-18(20(12-14)30-2)26-22(28)15-5-3-4-6-16(15)23/h3-12H,1-2H3,(H,25,27)(H,26,28). The summed E-state index contributed by atoms with van der Waals surface area (Å²) in [6.07, 6.45) is 0. The molecule has 0 spiro atoms. The highest BCUT2D eigenvalue weighted by Crippen LogP contribution is 2.30. The van der Waals surface area contributed by atoms with Crippen LogP contribution < -0.4 is 20.1 Å². The fourth-order valence-corrected chi connectivity index (χ4v) is 3.20. The van der Waals surface area contributed by atoms with E-state index >= 15 is 0 Å². The molecule has 0 unspecified atom stereocenters. The highest BCUT2D eigenvalue weighted by molar-refractivity contribution is 6.34. The molecule has 3 rings (SSSR count). The van der Waals surface area contributed by atoms with Crippen LogP contribution in [0.3, 0.4) is 0 Å². The van der Waals surface area contributed by atoms with E-state index in [2.05, 4.69) is 10.6 Å². The van der Waals surface area contributed by atoms with Gasteiger partial charge in [0.05, 0.1) is 35.5 Å². The minimum Gasteiger partial charge on any atom is -0.495 e. The minimum absolute atomic E-state index is 0.334. The molecular weight excluding hydrogens is 427 g/mol. The molecule has 0 aliphatic heterocycles. The van der Waals surface area contributed by atoms with Gasteiger partial charge in [-0.15, -0.1) is 0 Å². The Hall–Kier alpha value is -3.22. The predicted octanol–water partition coefficient (Wildman–Crippen LogP) is 5.52. The van der Waals surface area contributed by atoms with Crippen LogP contribution in [0.4, 0.5) is 11.4 Å². The summed E-state index contributed by atoms with van der Waals surface area (Å²) in [5.74, 6) is 0.132. The minimum atomic E-state index is -0.372. The number of hydrogen-bond donors (Lipinski definition) is 2. The third-order valence-corrected chi connectivity index (χ3v) is 4.87. The van der Waals surface area contributed by atoms with E-state index in [4.69, 9.17) is 32.7 Å². The maximum atomic E-state index is 12.5. The van der Waals surface area contributed by atoms with E-state index in [9.17, 15) is 9.59 Å². The van der Waals surface area contributed by atoms with Crippen molar-refractivity contribution in [3.63, 3.8) is 0 Å². The molecule has 2 N–H and O–H groups in total. The Labute approximate surface area is 183 Å². The van der Waals surface area contributed by atoms with Gasteiger partial charge in [0, 0.05) is 17.3 Å². The summed E-state index contributed by atoms with van der Waals surface area (Å²) in [5.41, 5.74) is 1.64. The van der Waals surface area contributed by atoms with Gasteiger partial charge < -0.3 is 20.1 Å². The third kappa shape index (κ3) is 4.84. The van der Waals surface area contributed by atoms with Gasteiger partial charge in [-0.2, -0.15) is 0 Å². The van der Waals surface area contributed by atoms with Crippen LogP contribution in [0.5, 0.6) is 11.5 Å². The second kappa shape index (κ2) is 9.52. The van der Waals surface area contributed by atoms with E-state index in [1.54, 1.807) is 54.6 Å². The first kappa shape index (κ1) is 21.5. The van der Waals surface area contributed by atoms with Crippen LogP contribution in [0.25, 0.3) is 0 Å². The molecule has 0 saturated carbocycles. The average Bonchev–Trinajstić information content (AvgIpc) is 2.74. The molecule has 0 heterocycles. The molecule has 30 heavy (non-hydrogen) atoms. The number of carbonyl (C=O) groups excluding carboxylic acids is 2. The number of hydrogen-bond acceptors (Lipinski definition) is 4. The Balaban J connectivity index is 1.77. The van der Waals surface area contributed by atoms with E-state index in [-0.39, 0.29) is 11.8 Å². The summed E-state index contributed by atoms with van der Waals surface area (Å²) < 4.78 is 10.4. The van der Waals surface area contributed by atoms with Crippen molar-refractivity contribution in [2.45, 2.75) is 0 Å². The fourth-order valence-electron chi connectivity index (χ4n) is 2.72. The van der Waals surface area contributed by atoms with Crippen molar-refractivity contribution in [1.29, 1.82) is 0 Å². The topological polar surface area (TPSA) is 76.7 Å². The van der Waals surface area contributed by atoms with Gasteiger partial charge in [-0.1, -0.05) is 35.3 Å². The Kier molecular flexibility index (Phi) is 6.82. The average molecular weight is 445 g/mol. The lowest BCUT2D eigenvalue weighted by Crippen LogP contribution is -2.14. The molecule has 0 saturated heterocycles. The maximum Gasteiger partial charge on any atom is 0.257 e. The first-order valence-corrected chi connectivity index (χ1v) is 9.57. The van der Waals surface area contributed by atoms with Crippen LogP contribution in [0.1, 0.15) is 20.7 Å². The summed E-state index contributed by atoms with van der Waals surface area (Å²) in [4.78, 5) is 25.0. The summed E-state index contributed by atoms with van der Waals surface area (Å²) in [5, 5.41) is 6.20. The molecule has 6 nitrogen and oxygen atoms in total. The van der Waals surface area contributed by atoms with Gasteiger partial charge in [-0.05, 0) is 42.5 Å². The molecule has 0 aliphatic carbocycles. The van der Waals surface area contributed by atoms with Gasteiger partial charge >= 0.3 is 0 Å². The molecule has 0 aliphatic rings. The van der Waals surface area contributed by atoms with Gasteiger partial charge in [0.2, 0.25) is 0 Å². The number of amides is 2. The lowest BCUT2D eigenvalue weighted by atomic mass is 10.1. The molecule has 0 bridgehead atoms. The SMILES string of the molecule is COc1ccc(C(=O)Nc2ccc(NC(=O)c3ccccc3Cl)c(OC)c2)cc1Cl. The fraction of sp³-hybridized carbons (Fsp3) is 0.0909. The highest BCUT2D eigenvalue weighted by atomic mass is 35.5. The van der Waals surface area contributed by atoms with E-state index in [0.717, 1.165) is 0 Å². The second-order valence-electron chi connectivity index (χ2n) is 6.15. The zero-order chi connectivity index (χ0) is 21.7. The molecule has 3 aromatic carbocycles. The zero-order valence-corrected chi connectivity index (χ0v) is 17.7. The highest BCUT2D eigenvalue weighted by Gasteiger charge is 2.14. The molecule has 0 fully saturated rings. The van der Waals surface area contributed by atoms with Crippen molar-refractivity contribution in [2.75, 3.05) is 24.9 Å². The van der Waals surface area contributed by atoms with Crippen molar-refractivity contribution in [1.82, 2.24) is 0 Å². The Bertz CT molecular complexity index is 1100. The number of benzene rings is 3. The van der Waals surface area contributed by atoms with E-state index in [1.807, 2.05) is 0 Å². The largest absolute Gasteiger partial charge is 0.495 e. The van der Waals surface area contributed by atoms with Crippen molar-refractivity contribution in [2.24, 2.45) is 0 Å². The van der Waals surface area contributed by atoms with Crippen molar-refractivity contribution < 1.29 is 19.1 Å². The van der Waals surface area contributed by atoms with Gasteiger partial charge in [0.25, 0.3) is 11.8 Å². The van der Waals surface area contributed by atoms with E-state index in [0.29, 0.717) is 44.0 Å². The Morgan fingerprint density at radius 2 is 1.50 bits per heavy atom. The molecule has 154 valence electrons. The van der Waals surface area contributed by atoms with Crippen LogP contribution in [-0.2, 0) is 0 Å². The number of ether oxygens (including phenoxy) is 2. The Morgan fingerprint density at radius 3 is 2.17 bits per heavy atom. The maximum absolute atomic E-state index is 12.5. The number of methoxy groups -OCH3 is 2. The monoisotopic (exact) mass is 444 g/mol. The first-order valence-electron chi connectivity index (χ1n) is 8.81. The molecule has 3 aromatic rings. The molecule has 2 amide bonds. The van der Waals surface area contributed by atoms with Crippen LogP contribution in [0.15, 0.2) is 60.7 Å². The van der Waals surface area contributed by atoms with Crippen LogP contribution in [0, 0.1) is 0 Å². The molecule has 0 radical (unpaired) electrons. The smallest absolute Gasteiger partial charge is 0.257 e. The van der Waals surface area contributed by atoms with Gasteiger partial charge in [-0.25, -0.2) is 0 Å². The van der Waals surface area contributed by atoms with Crippen molar-refractivity contribution in [3.05, 3.63) is 81.8 Å². The number of rotatable bonds is 6. The summed E-state index contributed by atoms with van der Waals surface area (Å²) in [6.45, 7) is 0. The van der Waals surface area contributed by atoms with Crippen LogP contribution >= 0.6 is 23.2 Å².